The van der Waals surface area contributed by atoms with Crippen LogP contribution < -0.4 is 20.1 Å². The molecule has 0 aliphatic carbocycles. The number of nitrogens with zero attached hydrogens (tertiary/aromatic N) is 1. The average molecular weight is 561 g/mol. The Morgan fingerprint density at radius 2 is 2.06 bits per heavy atom. The van der Waals surface area contributed by atoms with Crippen molar-refractivity contribution in [2.24, 2.45) is 10.4 Å². The Morgan fingerprint density at radius 1 is 1.29 bits per heavy atom. The first-order chi connectivity index (χ1) is 14.3. The van der Waals surface area contributed by atoms with E-state index in [1.165, 1.54) is 13.2 Å². The highest BCUT2D eigenvalue weighted by Crippen LogP contribution is 2.32. The van der Waals surface area contributed by atoms with Gasteiger partial charge in [0, 0.05) is 31.7 Å². The molecule has 0 radical (unpaired) electrons. The van der Waals surface area contributed by atoms with Gasteiger partial charge in [-0.05, 0) is 37.5 Å². The predicted molar refractivity (Wildman–Crippen MR) is 122 cm³/mol. The molecule has 2 rings (SSSR count). The standard InChI is InChI=1S/C20H30F3N3O4.HI/c1-3-24-18(26-12-19(6-8-27)7-9-29-13-19)25-11-15-4-5-16(17(10-15)28-2)30-14-20(21,22)23;/h4-5,10,27H,3,6-9,11-14H2,1-2H3,(H2,24,25,26);1H. The van der Waals surface area contributed by atoms with Crippen LogP contribution >= 0.6 is 24.0 Å². The van der Waals surface area contributed by atoms with Crippen LogP contribution in [0.3, 0.4) is 0 Å². The molecule has 1 aliphatic rings. The highest BCUT2D eigenvalue weighted by atomic mass is 127. The van der Waals surface area contributed by atoms with Gasteiger partial charge < -0.3 is 30.0 Å². The molecular formula is C20H31F3IN3O4. The van der Waals surface area contributed by atoms with E-state index < -0.39 is 12.8 Å². The largest absolute Gasteiger partial charge is 0.493 e. The van der Waals surface area contributed by atoms with Gasteiger partial charge in [0.25, 0.3) is 0 Å². The zero-order valence-electron chi connectivity index (χ0n) is 17.8. The van der Waals surface area contributed by atoms with Crippen LogP contribution in [0.25, 0.3) is 0 Å². The van der Waals surface area contributed by atoms with Crippen molar-refractivity contribution in [3.8, 4) is 11.5 Å². The fraction of sp³-hybridized carbons (Fsp3) is 0.650. The van der Waals surface area contributed by atoms with E-state index in [-0.39, 0.29) is 47.5 Å². The molecule has 1 unspecified atom stereocenters. The third-order valence-electron chi connectivity index (χ3n) is 4.84. The predicted octanol–water partition coefficient (Wildman–Crippen LogP) is 3.10. The van der Waals surface area contributed by atoms with Crippen molar-refractivity contribution in [1.82, 2.24) is 10.6 Å². The Bertz CT molecular complexity index is 699. The van der Waals surface area contributed by atoms with Gasteiger partial charge in [-0.3, -0.25) is 0 Å². The second-order valence-electron chi connectivity index (χ2n) is 7.21. The van der Waals surface area contributed by atoms with Crippen molar-refractivity contribution in [1.29, 1.82) is 0 Å². The maximum atomic E-state index is 12.4. The highest BCUT2D eigenvalue weighted by molar-refractivity contribution is 14.0. The summed E-state index contributed by atoms with van der Waals surface area (Å²) < 4.78 is 52.6. The first-order valence-electron chi connectivity index (χ1n) is 9.88. The minimum Gasteiger partial charge on any atom is -0.493 e. The molecule has 0 aromatic heterocycles. The molecule has 7 nitrogen and oxygen atoms in total. The van der Waals surface area contributed by atoms with Crippen LogP contribution in [-0.4, -0.2) is 63.9 Å². The molecule has 1 aromatic carbocycles. The molecule has 1 aliphatic heterocycles. The second-order valence-corrected chi connectivity index (χ2v) is 7.21. The summed E-state index contributed by atoms with van der Waals surface area (Å²) in [7, 11) is 1.37. The first-order valence-corrected chi connectivity index (χ1v) is 9.88. The topological polar surface area (TPSA) is 84.3 Å². The fourth-order valence-corrected chi connectivity index (χ4v) is 3.18. The summed E-state index contributed by atoms with van der Waals surface area (Å²) in [6, 6.07) is 4.71. The third kappa shape index (κ3) is 9.27. The van der Waals surface area contributed by atoms with E-state index in [2.05, 4.69) is 15.6 Å². The minimum atomic E-state index is -4.42. The summed E-state index contributed by atoms with van der Waals surface area (Å²) in [6.07, 6.45) is -2.90. The van der Waals surface area contributed by atoms with Gasteiger partial charge in [0.05, 0.1) is 20.3 Å². The summed E-state index contributed by atoms with van der Waals surface area (Å²) in [5, 5.41) is 15.8. The molecule has 0 saturated carbocycles. The summed E-state index contributed by atoms with van der Waals surface area (Å²) in [5.74, 6) is 0.854. The van der Waals surface area contributed by atoms with Gasteiger partial charge in [0.2, 0.25) is 0 Å². The number of methoxy groups -OCH3 is 1. The van der Waals surface area contributed by atoms with E-state index >= 15 is 0 Å². The van der Waals surface area contributed by atoms with Crippen LogP contribution in [0.4, 0.5) is 13.2 Å². The number of aliphatic hydroxyl groups excluding tert-OH is 1. The van der Waals surface area contributed by atoms with Crippen LogP contribution in [0.2, 0.25) is 0 Å². The lowest BCUT2D eigenvalue weighted by Gasteiger charge is -2.27. The number of benzene rings is 1. The molecule has 0 bridgehead atoms. The molecule has 0 spiro atoms. The van der Waals surface area contributed by atoms with E-state index in [4.69, 9.17) is 14.2 Å². The van der Waals surface area contributed by atoms with Crippen molar-refractivity contribution in [3.63, 3.8) is 0 Å². The van der Waals surface area contributed by atoms with Crippen LogP contribution in [-0.2, 0) is 11.3 Å². The molecule has 0 amide bonds. The lowest BCUT2D eigenvalue weighted by atomic mass is 9.84. The maximum absolute atomic E-state index is 12.4. The van der Waals surface area contributed by atoms with E-state index in [1.807, 2.05) is 6.92 Å². The monoisotopic (exact) mass is 561 g/mol. The normalized spacial score (nSPS) is 19.0. The Hall–Kier alpha value is -1.47. The molecule has 1 aromatic rings. The second kappa shape index (κ2) is 13.2. The van der Waals surface area contributed by atoms with Crippen molar-refractivity contribution in [2.45, 2.75) is 32.5 Å². The molecule has 11 heteroatoms. The number of nitrogens with one attached hydrogen (secondary N) is 2. The van der Waals surface area contributed by atoms with Crippen LogP contribution in [0.5, 0.6) is 11.5 Å². The summed E-state index contributed by atoms with van der Waals surface area (Å²) in [4.78, 5) is 4.54. The van der Waals surface area contributed by atoms with Gasteiger partial charge in [0.15, 0.2) is 24.1 Å². The number of hydrogen-bond acceptors (Lipinski definition) is 5. The molecule has 1 fully saturated rings. The molecule has 1 atom stereocenters. The summed E-state index contributed by atoms with van der Waals surface area (Å²) >= 11 is 0. The fourth-order valence-electron chi connectivity index (χ4n) is 3.18. The number of hydrogen-bond donors (Lipinski definition) is 3. The lowest BCUT2D eigenvalue weighted by Crippen LogP contribution is -2.44. The van der Waals surface area contributed by atoms with Crippen LogP contribution in [0, 0.1) is 5.41 Å². The molecule has 31 heavy (non-hydrogen) atoms. The van der Waals surface area contributed by atoms with E-state index in [0.29, 0.717) is 45.2 Å². The van der Waals surface area contributed by atoms with E-state index in [9.17, 15) is 18.3 Å². The molecule has 1 saturated heterocycles. The van der Waals surface area contributed by atoms with Crippen LogP contribution in [0.15, 0.2) is 23.2 Å². The Balaban J connectivity index is 0.00000480. The zero-order chi connectivity index (χ0) is 22.0. The maximum Gasteiger partial charge on any atom is 0.422 e. The average Bonchev–Trinajstić information content (AvgIpc) is 3.17. The number of aliphatic hydroxyl groups is 1. The van der Waals surface area contributed by atoms with Crippen molar-refractivity contribution in [3.05, 3.63) is 23.8 Å². The highest BCUT2D eigenvalue weighted by Gasteiger charge is 2.34. The minimum absolute atomic E-state index is 0. The van der Waals surface area contributed by atoms with Gasteiger partial charge in [-0.15, -0.1) is 24.0 Å². The number of ether oxygens (including phenoxy) is 3. The Labute approximate surface area is 197 Å². The number of halogens is 4. The van der Waals surface area contributed by atoms with Gasteiger partial charge >= 0.3 is 6.18 Å². The van der Waals surface area contributed by atoms with Gasteiger partial charge in [-0.25, -0.2) is 4.99 Å². The lowest BCUT2D eigenvalue weighted by molar-refractivity contribution is -0.153. The Morgan fingerprint density at radius 3 is 2.65 bits per heavy atom. The van der Waals surface area contributed by atoms with E-state index in [1.54, 1.807) is 12.1 Å². The molecular weight excluding hydrogens is 530 g/mol. The summed E-state index contributed by atoms with van der Waals surface area (Å²) in [5.41, 5.74) is 0.642. The number of rotatable bonds is 10. The van der Waals surface area contributed by atoms with Crippen molar-refractivity contribution < 1.29 is 32.5 Å². The quantitative estimate of drug-likeness (QED) is 0.232. The van der Waals surface area contributed by atoms with Crippen LogP contribution in [0.1, 0.15) is 25.3 Å². The van der Waals surface area contributed by atoms with Gasteiger partial charge in [0.1, 0.15) is 0 Å². The molecule has 178 valence electrons. The van der Waals surface area contributed by atoms with Crippen molar-refractivity contribution >= 4 is 29.9 Å². The SMILES string of the molecule is CCNC(=NCc1ccc(OCC(F)(F)F)c(OC)c1)NCC1(CCO)CCOC1.I. The number of aliphatic imine (C=N–C) groups is 1. The zero-order valence-corrected chi connectivity index (χ0v) is 20.1. The summed E-state index contributed by atoms with van der Waals surface area (Å²) in [6.45, 7) is 3.53. The van der Waals surface area contributed by atoms with Gasteiger partial charge in [-0.1, -0.05) is 6.07 Å². The molecule has 1 heterocycles. The van der Waals surface area contributed by atoms with Gasteiger partial charge in [-0.2, -0.15) is 13.2 Å². The number of alkyl halides is 3. The first kappa shape index (κ1) is 27.6. The third-order valence-corrected chi connectivity index (χ3v) is 4.84. The van der Waals surface area contributed by atoms with E-state index in [0.717, 1.165) is 12.0 Å². The van der Waals surface area contributed by atoms with Crippen molar-refractivity contribution in [2.75, 3.05) is 46.6 Å². The molecule has 3 N–H and O–H groups in total. The number of guanidine groups is 1. The Kier molecular flexibility index (Phi) is 11.7. The smallest absolute Gasteiger partial charge is 0.422 e.